The summed E-state index contributed by atoms with van der Waals surface area (Å²) in [6.07, 6.45) is 0.0864. The molecule has 1 aliphatic rings. The van der Waals surface area contributed by atoms with Gasteiger partial charge in [-0.25, -0.2) is 4.84 Å². The van der Waals surface area contributed by atoms with Gasteiger partial charge in [-0.3, -0.25) is 15.2 Å². The number of hydrogen-bond donors (Lipinski definition) is 2. The molecule has 0 amide bonds. The first-order valence-corrected chi connectivity index (χ1v) is 6.09. The molecule has 1 unspecified atom stereocenters. The van der Waals surface area contributed by atoms with Crippen LogP contribution in [0.5, 0.6) is 0 Å². The van der Waals surface area contributed by atoms with Gasteiger partial charge >= 0.3 is 0 Å². The van der Waals surface area contributed by atoms with Crippen molar-refractivity contribution >= 4 is 5.78 Å². The molecule has 0 aromatic rings. The largest absolute Gasteiger partial charge is 0.379 e. The summed E-state index contributed by atoms with van der Waals surface area (Å²) >= 11 is 0. The van der Waals surface area contributed by atoms with Crippen LogP contribution in [0.15, 0.2) is 0 Å². The number of ketones is 1. The van der Waals surface area contributed by atoms with Gasteiger partial charge in [0.2, 0.25) is 0 Å². The molecule has 7 nitrogen and oxygen atoms in total. The topological polar surface area (TPSA) is 88.5 Å². The van der Waals surface area contributed by atoms with Crippen LogP contribution in [0.4, 0.5) is 0 Å². The number of Topliss-reactive ketones (excluding diaryl/α,β-unsaturated/α-hetero) is 1. The fraction of sp³-hybridized carbons (Fsp3) is 0.909. The van der Waals surface area contributed by atoms with E-state index in [1.165, 1.54) is 6.92 Å². The van der Waals surface area contributed by atoms with Gasteiger partial charge in [0.05, 0.1) is 24.7 Å². The Morgan fingerprint density at radius 3 is 2.50 bits per heavy atom. The highest BCUT2D eigenvalue weighted by molar-refractivity contribution is 5.78. The Morgan fingerprint density at radius 1 is 1.28 bits per heavy atom. The van der Waals surface area contributed by atoms with Crippen LogP contribution in [0, 0.1) is 5.92 Å². The van der Waals surface area contributed by atoms with Crippen molar-refractivity contribution in [3.8, 4) is 0 Å². The lowest BCUT2D eigenvalue weighted by atomic mass is 10.0. The summed E-state index contributed by atoms with van der Waals surface area (Å²) in [7, 11) is 0. The maximum atomic E-state index is 11.3. The van der Waals surface area contributed by atoms with E-state index in [1.54, 1.807) is 0 Å². The predicted octanol–water partition coefficient (Wildman–Crippen LogP) is 0.788. The molecule has 0 aliphatic heterocycles. The molecule has 1 saturated carbocycles. The van der Waals surface area contributed by atoms with Gasteiger partial charge < -0.3 is 9.47 Å². The van der Waals surface area contributed by atoms with E-state index in [0.717, 1.165) is 0 Å². The SMILES string of the molecule is CCOCCO[C@@H]1CC(C(C)=O)C[C@H]1ON(O)O. The molecule has 0 saturated heterocycles. The fourth-order valence-electron chi connectivity index (χ4n) is 2.10. The molecule has 18 heavy (non-hydrogen) atoms. The van der Waals surface area contributed by atoms with Crippen LogP contribution in [0.1, 0.15) is 26.7 Å². The Bertz CT molecular complexity index is 260. The number of carbonyl (C=O) groups excluding carboxylic acids is 1. The number of nitrogens with zero attached hydrogens (tertiary/aromatic N) is 1. The van der Waals surface area contributed by atoms with E-state index in [1.807, 2.05) is 6.92 Å². The summed E-state index contributed by atoms with van der Waals surface area (Å²) in [5, 5.41) is 17.0. The second-order valence-corrected chi connectivity index (χ2v) is 4.28. The van der Waals surface area contributed by atoms with E-state index in [2.05, 4.69) is 0 Å². The van der Waals surface area contributed by atoms with Crippen LogP contribution in [0.25, 0.3) is 0 Å². The summed E-state index contributed by atoms with van der Waals surface area (Å²) in [5.41, 5.74) is 0. The molecule has 3 atom stereocenters. The number of carbonyl (C=O) groups is 1. The molecular formula is C11H21NO6. The third-order valence-corrected chi connectivity index (χ3v) is 3.02. The minimum absolute atomic E-state index is 0.0573. The first-order chi connectivity index (χ1) is 8.54. The van der Waals surface area contributed by atoms with Gasteiger partial charge in [0.1, 0.15) is 11.9 Å². The van der Waals surface area contributed by atoms with Crippen LogP contribution in [0.2, 0.25) is 0 Å². The first kappa shape index (κ1) is 15.5. The Kier molecular flexibility index (Phi) is 6.69. The molecule has 0 spiro atoms. The molecule has 106 valence electrons. The zero-order valence-corrected chi connectivity index (χ0v) is 10.7. The average molecular weight is 263 g/mol. The van der Waals surface area contributed by atoms with Crippen molar-refractivity contribution in [3.63, 3.8) is 0 Å². The molecular weight excluding hydrogens is 242 g/mol. The van der Waals surface area contributed by atoms with Crippen LogP contribution in [-0.2, 0) is 19.1 Å². The van der Waals surface area contributed by atoms with Gasteiger partial charge in [0, 0.05) is 12.5 Å². The normalized spacial score (nSPS) is 27.9. The van der Waals surface area contributed by atoms with Gasteiger partial charge in [0.25, 0.3) is 0 Å². The standard InChI is InChI=1S/C11H21NO6/c1-3-16-4-5-17-10-6-9(8(2)13)7-11(10)18-12(14)15/h9-11,14-15H,3-7H2,1-2H3/t9?,10-,11-/m1/s1. The Balaban J connectivity index is 2.42. The van der Waals surface area contributed by atoms with E-state index in [4.69, 9.17) is 24.7 Å². The zero-order valence-electron chi connectivity index (χ0n) is 10.7. The molecule has 0 radical (unpaired) electrons. The highest BCUT2D eigenvalue weighted by atomic mass is 17.1. The first-order valence-electron chi connectivity index (χ1n) is 6.09. The molecule has 0 aromatic carbocycles. The van der Waals surface area contributed by atoms with Gasteiger partial charge in [-0.05, 0) is 26.7 Å². The minimum atomic E-state index is -0.532. The van der Waals surface area contributed by atoms with Crippen molar-refractivity contribution < 1.29 is 29.5 Å². The Hall–Kier alpha value is -0.570. The summed E-state index contributed by atoms with van der Waals surface area (Å²) < 4.78 is 10.7. The van der Waals surface area contributed by atoms with Crippen molar-refractivity contribution in [1.29, 1.82) is 0 Å². The molecule has 0 aromatic heterocycles. The van der Waals surface area contributed by atoms with Crippen LogP contribution in [-0.4, -0.2) is 53.6 Å². The molecule has 0 bridgehead atoms. The van der Waals surface area contributed by atoms with Crippen molar-refractivity contribution in [1.82, 2.24) is 5.39 Å². The third kappa shape index (κ3) is 4.97. The second kappa shape index (κ2) is 7.78. The number of rotatable bonds is 8. The molecule has 0 heterocycles. The van der Waals surface area contributed by atoms with Gasteiger partial charge in [0.15, 0.2) is 0 Å². The Morgan fingerprint density at radius 2 is 1.94 bits per heavy atom. The minimum Gasteiger partial charge on any atom is -0.379 e. The highest BCUT2D eigenvalue weighted by Gasteiger charge is 2.39. The monoisotopic (exact) mass is 263 g/mol. The number of ether oxygens (including phenoxy) is 2. The molecule has 2 N–H and O–H groups in total. The van der Waals surface area contributed by atoms with Gasteiger partial charge in [-0.2, -0.15) is 0 Å². The molecule has 1 aliphatic carbocycles. The fourth-order valence-corrected chi connectivity index (χ4v) is 2.10. The lowest BCUT2D eigenvalue weighted by molar-refractivity contribution is -0.508. The lowest BCUT2D eigenvalue weighted by Gasteiger charge is -2.20. The van der Waals surface area contributed by atoms with Crippen LogP contribution < -0.4 is 0 Å². The van der Waals surface area contributed by atoms with Crippen molar-refractivity contribution in [2.45, 2.75) is 38.9 Å². The van der Waals surface area contributed by atoms with E-state index in [0.29, 0.717) is 32.7 Å². The highest BCUT2D eigenvalue weighted by Crippen LogP contribution is 2.31. The summed E-state index contributed by atoms with van der Waals surface area (Å²) in [6.45, 7) is 4.87. The van der Waals surface area contributed by atoms with Crippen molar-refractivity contribution in [2.75, 3.05) is 19.8 Å². The van der Waals surface area contributed by atoms with Crippen LogP contribution >= 0.6 is 0 Å². The lowest BCUT2D eigenvalue weighted by Crippen LogP contribution is -2.32. The van der Waals surface area contributed by atoms with Gasteiger partial charge in [-0.1, -0.05) is 0 Å². The maximum Gasteiger partial charge on any atom is 0.133 e. The van der Waals surface area contributed by atoms with E-state index in [-0.39, 0.29) is 23.2 Å². The van der Waals surface area contributed by atoms with Crippen LogP contribution in [0.3, 0.4) is 0 Å². The molecule has 7 heteroatoms. The van der Waals surface area contributed by atoms with E-state index < -0.39 is 6.10 Å². The smallest absolute Gasteiger partial charge is 0.133 e. The van der Waals surface area contributed by atoms with Crippen molar-refractivity contribution in [2.24, 2.45) is 5.92 Å². The number of hydrogen-bond acceptors (Lipinski definition) is 7. The third-order valence-electron chi connectivity index (χ3n) is 3.02. The van der Waals surface area contributed by atoms with Gasteiger partial charge in [-0.15, -0.1) is 0 Å². The second-order valence-electron chi connectivity index (χ2n) is 4.28. The zero-order chi connectivity index (χ0) is 13.5. The molecule has 1 fully saturated rings. The Labute approximate surface area is 106 Å². The summed E-state index contributed by atoms with van der Waals surface area (Å²) in [4.78, 5) is 16.1. The predicted molar refractivity (Wildman–Crippen MR) is 59.9 cm³/mol. The maximum absolute atomic E-state index is 11.3. The summed E-state index contributed by atoms with van der Waals surface area (Å²) in [5.74, 6) is -0.103. The quantitative estimate of drug-likeness (QED) is 0.494. The average Bonchev–Trinajstić information content (AvgIpc) is 2.67. The van der Waals surface area contributed by atoms with E-state index >= 15 is 0 Å². The van der Waals surface area contributed by atoms with Crippen molar-refractivity contribution in [3.05, 3.63) is 0 Å². The van der Waals surface area contributed by atoms with E-state index in [9.17, 15) is 4.79 Å². The summed E-state index contributed by atoms with van der Waals surface area (Å²) in [6, 6.07) is 0. The molecule has 1 rings (SSSR count).